The Balaban J connectivity index is 1.77. The Hall–Kier alpha value is -2.73. The maximum Gasteiger partial charge on any atom is 0.251 e. The molecule has 0 radical (unpaired) electrons. The number of halogens is 1. The van der Waals surface area contributed by atoms with Crippen LogP contribution in [0.5, 0.6) is 0 Å². The maximum atomic E-state index is 13.7. The van der Waals surface area contributed by atoms with Gasteiger partial charge in [0.1, 0.15) is 12.4 Å². The van der Waals surface area contributed by atoms with Crippen LogP contribution in [-0.2, 0) is 20.9 Å². The minimum Gasteiger partial charge on any atom is -0.356 e. The van der Waals surface area contributed by atoms with Crippen LogP contribution in [0.15, 0.2) is 54.6 Å². The van der Waals surface area contributed by atoms with E-state index in [1.165, 1.54) is 11.0 Å². The standard InChI is InChI=1S/C19H19FN2O3/c1-22-16(23)12-25-18(17(22)13-7-3-2-4-8-13)19(24)21-11-14-9-5-6-10-15(14)20/h2-10,17-18H,11-12H2,1H3,(H,21,24). The van der Waals surface area contributed by atoms with E-state index in [0.717, 1.165) is 5.56 Å². The molecule has 1 fully saturated rings. The Kier molecular flexibility index (Phi) is 5.09. The van der Waals surface area contributed by atoms with Crippen molar-refractivity contribution < 1.29 is 18.7 Å². The van der Waals surface area contributed by atoms with Crippen molar-refractivity contribution in [1.29, 1.82) is 0 Å². The molecule has 0 saturated carbocycles. The van der Waals surface area contributed by atoms with Gasteiger partial charge in [-0.1, -0.05) is 48.5 Å². The molecular formula is C19H19FN2O3. The van der Waals surface area contributed by atoms with Gasteiger partial charge in [0.25, 0.3) is 5.91 Å². The Labute approximate surface area is 145 Å². The zero-order valence-corrected chi connectivity index (χ0v) is 13.8. The molecule has 0 aromatic heterocycles. The van der Waals surface area contributed by atoms with Crippen molar-refractivity contribution in [1.82, 2.24) is 10.2 Å². The predicted octanol–water partition coefficient (Wildman–Crippen LogP) is 2.04. The van der Waals surface area contributed by atoms with Crippen LogP contribution in [0, 0.1) is 5.82 Å². The Morgan fingerprint density at radius 1 is 1.20 bits per heavy atom. The molecule has 2 atom stereocenters. The number of ether oxygens (including phenoxy) is 1. The van der Waals surface area contributed by atoms with Crippen LogP contribution >= 0.6 is 0 Å². The van der Waals surface area contributed by atoms with E-state index in [1.54, 1.807) is 25.2 Å². The average molecular weight is 342 g/mol. The molecule has 25 heavy (non-hydrogen) atoms. The summed E-state index contributed by atoms with van der Waals surface area (Å²) in [5.41, 5.74) is 1.21. The van der Waals surface area contributed by atoms with E-state index in [9.17, 15) is 14.0 Å². The number of hydrogen-bond acceptors (Lipinski definition) is 3. The van der Waals surface area contributed by atoms with Gasteiger partial charge in [-0.05, 0) is 11.6 Å². The molecule has 1 aliphatic rings. The number of nitrogens with one attached hydrogen (secondary N) is 1. The van der Waals surface area contributed by atoms with E-state index in [4.69, 9.17) is 4.74 Å². The largest absolute Gasteiger partial charge is 0.356 e. The highest BCUT2D eigenvalue weighted by Crippen LogP contribution is 2.29. The van der Waals surface area contributed by atoms with Crippen LogP contribution in [-0.4, -0.2) is 36.5 Å². The Morgan fingerprint density at radius 2 is 1.88 bits per heavy atom. The van der Waals surface area contributed by atoms with Gasteiger partial charge in [0, 0.05) is 19.2 Å². The van der Waals surface area contributed by atoms with Gasteiger partial charge in [0.05, 0.1) is 6.04 Å². The summed E-state index contributed by atoms with van der Waals surface area (Å²) in [5, 5.41) is 2.70. The van der Waals surface area contributed by atoms with E-state index < -0.39 is 12.1 Å². The first kappa shape index (κ1) is 17.1. The zero-order valence-electron chi connectivity index (χ0n) is 13.8. The summed E-state index contributed by atoms with van der Waals surface area (Å²) < 4.78 is 19.2. The maximum absolute atomic E-state index is 13.7. The smallest absolute Gasteiger partial charge is 0.251 e. The van der Waals surface area contributed by atoms with Gasteiger partial charge in [-0.25, -0.2) is 4.39 Å². The van der Waals surface area contributed by atoms with E-state index in [2.05, 4.69) is 5.32 Å². The molecule has 1 heterocycles. The highest BCUT2D eigenvalue weighted by Gasteiger charge is 2.39. The average Bonchev–Trinajstić information content (AvgIpc) is 2.63. The minimum absolute atomic E-state index is 0.0601. The molecule has 0 spiro atoms. The molecular weight excluding hydrogens is 323 g/mol. The van der Waals surface area contributed by atoms with Gasteiger partial charge >= 0.3 is 0 Å². The molecule has 2 amide bonds. The summed E-state index contributed by atoms with van der Waals surface area (Å²) in [6.45, 7) is -0.0951. The summed E-state index contributed by atoms with van der Waals surface area (Å²) in [5.74, 6) is -0.942. The summed E-state index contributed by atoms with van der Waals surface area (Å²) in [7, 11) is 1.65. The van der Waals surface area contributed by atoms with E-state index in [-0.39, 0.29) is 30.8 Å². The van der Waals surface area contributed by atoms with Crippen LogP contribution in [0.2, 0.25) is 0 Å². The van der Waals surface area contributed by atoms with Gasteiger partial charge < -0.3 is 15.0 Å². The number of morpholine rings is 1. The number of carbonyl (C=O) groups is 2. The third kappa shape index (κ3) is 3.69. The van der Waals surface area contributed by atoms with Gasteiger partial charge in [-0.15, -0.1) is 0 Å². The quantitative estimate of drug-likeness (QED) is 0.925. The predicted molar refractivity (Wildman–Crippen MR) is 89.9 cm³/mol. The lowest BCUT2D eigenvalue weighted by Gasteiger charge is -2.38. The molecule has 2 aromatic rings. The fourth-order valence-corrected chi connectivity index (χ4v) is 2.90. The normalized spacial score (nSPS) is 20.4. The lowest BCUT2D eigenvalue weighted by molar-refractivity contribution is -0.162. The highest BCUT2D eigenvalue weighted by molar-refractivity contribution is 5.86. The first-order valence-electron chi connectivity index (χ1n) is 8.01. The molecule has 5 nitrogen and oxygen atoms in total. The number of nitrogens with zero attached hydrogens (tertiary/aromatic N) is 1. The molecule has 1 aliphatic heterocycles. The number of amides is 2. The number of hydrogen-bond donors (Lipinski definition) is 1. The molecule has 1 saturated heterocycles. The summed E-state index contributed by atoms with van der Waals surface area (Å²) >= 11 is 0. The van der Waals surface area contributed by atoms with Crippen molar-refractivity contribution in [2.45, 2.75) is 18.7 Å². The topological polar surface area (TPSA) is 58.6 Å². The monoisotopic (exact) mass is 342 g/mol. The number of rotatable bonds is 4. The third-order valence-electron chi connectivity index (χ3n) is 4.29. The number of benzene rings is 2. The Morgan fingerprint density at radius 3 is 2.60 bits per heavy atom. The second-order valence-corrected chi connectivity index (χ2v) is 5.90. The SMILES string of the molecule is CN1C(=O)COC(C(=O)NCc2ccccc2F)C1c1ccccc1. The van der Waals surface area contributed by atoms with Gasteiger partial charge in [-0.3, -0.25) is 9.59 Å². The van der Waals surface area contributed by atoms with Crippen molar-refractivity contribution in [3.8, 4) is 0 Å². The van der Waals surface area contributed by atoms with E-state index in [0.29, 0.717) is 5.56 Å². The van der Waals surface area contributed by atoms with Gasteiger partial charge in [0.15, 0.2) is 6.10 Å². The molecule has 0 bridgehead atoms. The number of likely N-dealkylation sites (N-methyl/N-ethyl adjacent to an activating group) is 1. The van der Waals surface area contributed by atoms with Crippen LogP contribution in [0.3, 0.4) is 0 Å². The third-order valence-corrected chi connectivity index (χ3v) is 4.29. The molecule has 130 valence electrons. The second-order valence-electron chi connectivity index (χ2n) is 5.90. The molecule has 2 aromatic carbocycles. The van der Waals surface area contributed by atoms with Crippen molar-refractivity contribution in [3.05, 3.63) is 71.5 Å². The van der Waals surface area contributed by atoms with Crippen LogP contribution < -0.4 is 5.32 Å². The minimum atomic E-state index is -0.850. The van der Waals surface area contributed by atoms with E-state index in [1.807, 2.05) is 30.3 Å². The first-order chi connectivity index (χ1) is 12.1. The van der Waals surface area contributed by atoms with Crippen LogP contribution in [0.1, 0.15) is 17.2 Å². The molecule has 3 rings (SSSR count). The first-order valence-corrected chi connectivity index (χ1v) is 8.01. The van der Waals surface area contributed by atoms with Gasteiger partial charge in [0.2, 0.25) is 5.91 Å². The second kappa shape index (κ2) is 7.44. The van der Waals surface area contributed by atoms with Crippen molar-refractivity contribution in [2.75, 3.05) is 13.7 Å². The lowest BCUT2D eigenvalue weighted by atomic mass is 9.97. The van der Waals surface area contributed by atoms with E-state index >= 15 is 0 Å². The highest BCUT2D eigenvalue weighted by atomic mass is 19.1. The van der Waals surface area contributed by atoms with Crippen molar-refractivity contribution in [3.63, 3.8) is 0 Å². The van der Waals surface area contributed by atoms with Gasteiger partial charge in [-0.2, -0.15) is 0 Å². The fraction of sp³-hybridized carbons (Fsp3) is 0.263. The van der Waals surface area contributed by atoms with Crippen molar-refractivity contribution >= 4 is 11.8 Å². The molecule has 2 unspecified atom stereocenters. The molecule has 6 heteroatoms. The zero-order chi connectivity index (χ0) is 17.8. The lowest BCUT2D eigenvalue weighted by Crippen LogP contribution is -2.52. The van der Waals surface area contributed by atoms with Crippen LogP contribution in [0.25, 0.3) is 0 Å². The Bertz CT molecular complexity index is 766. The molecule has 1 N–H and O–H groups in total. The summed E-state index contributed by atoms with van der Waals surface area (Å²) in [6.07, 6.45) is -0.850. The number of carbonyl (C=O) groups excluding carboxylic acids is 2. The van der Waals surface area contributed by atoms with Crippen molar-refractivity contribution in [2.24, 2.45) is 0 Å². The molecule has 0 aliphatic carbocycles. The van der Waals surface area contributed by atoms with Crippen LogP contribution in [0.4, 0.5) is 4.39 Å². The summed E-state index contributed by atoms with van der Waals surface area (Å²) in [4.78, 5) is 26.1. The fourth-order valence-electron chi connectivity index (χ4n) is 2.90. The summed E-state index contributed by atoms with van der Waals surface area (Å²) in [6, 6.07) is 15.0.